The van der Waals surface area contributed by atoms with Gasteiger partial charge in [-0.1, -0.05) is 48.0 Å². The minimum Gasteiger partial charge on any atom is -0.478 e. The Labute approximate surface area is 223 Å². The molecule has 0 unspecified atom stereocenters. The van der Waals surface area contributed by atoms with E-state index >= 15 is 4.39 Å². The van der Waals surface area contributed by atoms with Gasteiger partial charge in [-0.25, -0.2) is 17.9 Å². The molecule has 0 spiro atoms. The predicted molar refractivity (Wildman–Crippen MR) is 145 cm³/mol. The van der Waals surface area contributed by atoms with E-state index in [0.717, 1.165) is 28.6 Å². The molecule has 0 fully saturated rings. The summed E-state index contributed by atoms with van der Waals surface area (Å²) in [6.45, 7) is 0.613. The van der Waals surface area contributed by atoms with Crippen molar-refractivity contribution in [2.45, 2.75) is 17.4 Å². The molecule has 1 atom stereocenters. The first-order valence-electron chi connectivity index (χ1n) is 11.6. The molecule has 0 aromatic heterocycles. The Hall–Kier alpha value is -3.39. The lowest BCUT2D eigenvalue weighted by Crippen LogP contribution is -2.37. The van der Waals surface area contributed by atoms with Crippen LogP contribution < -0.4 is 4.90 Å². The first kappa shape index (κ1) is 25.3. The Morgan fingerprint density at radius 2 is 1.73 bits per heavy atom. The average molecular weight is 537 g/mol. The zero-order chi connectivity index (χ0) is 26.1. The van der Waals surface area contributed by atoms with E-state index in [1.54, 1.807) is 6.07 Å². The molecule has 0 bridgehead atoms. The molecular weight excluding hydrogens is 514 g/mol. The van der Waals surface area contributed by atoms with Crippen LogP contribution in [0.3, 0.4) is 0 Å². The number of rotatable bonds is 5. The summed E-state index contributed by atoms with van der Waals surface area (Å²) in [7, 11) is 2.01. The van der Waals surface area contributed by atoms with Gasteiger partial charge in [0.2, 0.25) is 0 Å². The SMILES string of the molecule is CN1Sc2cc(-c3ccc(F)c(C(=O)O)c3)c(F)cc2N(c2ccccc2)C[C@@H]1Cc1ccc(Cl)cc1. The second-order valence-electron chi connectivity index (χ2n) is 8.87. The van der Waals surface area contributed by atoms with E-state index in [2.05, 4.69) is 9.21 Å². The Balaban J connectivity index is 1.59. The van der Waals surface area contributed by atoms with E-state index in [9.17, 15) is 14.3 Å². The molecule has 188 valence electrons. The number of halogens is 3. The number of benzene rings is 4. The van der Waals surface area contributed by atoms with Gasteiger partial charge < -0.3 is 10.0 Å². The summed E-state index contributed by atoms with van der Waals surface area (Å²) in [5, 5.41) is 10.0. The van der Waals surface area contributed by atoms with Crippen LogP contribution in [0.15, 0.2) is 89.8 Å². The van der Waals surface area contributed by atoms with Gasteiger partial charge in [0, 0.05) is 33.8 Å². The fraction of sp³-hybridized carbons (Fsp3) is 0.138. The van der Waals surface area contributed by atoms with Gasteiger partial charge in [-0.05, 0) is 85.1 Å². The Kier molecular flexibility index (Phi) is 7.20. The third-order valence-electron chi connectivity index (χ3n) is 6.45. The molecule has 8 heteroatoms. The second-order valence-corrected chi connectivity index (χ2v) is 10.5. The molecule has 1 N–H and O–H groups in total. The Morgan fingerprint density at radius 3 is 2.43 bits per heavy atom. The van der Waals surface area contributed by atoms with E-state index in [4.69, 9.17) is 11.6 Å². The van der Waals surface area contributed by atoms with Crippen LogP contribution in [0.25, 0.3) is 11.1 Å². The minimum atomic E-state index is -1.40. The molecule has 37 heavy (non-hydrogen) atoms. The van der Waals surface area contributed by atoms with Gasteiger partial charge in [0.25, 0.3) is 0 Å². The monoisotopic (exact) mass is 536 g/mol. The summed E-state index contributed by atoms with van der Waals surface area (Å²) >= 11 is 7.58. The molecule has 0 amide bonds. The fourth-order valence-corrected chi connectivity index (χ4v) is 5.66. The van der Waals surface area contributed by atoms with Crippen LogP contribution >= 0.6 is 23.5 Å². The lowest BCUT2D eigenvalue weighted by atomic mass is 10.0. The van der Waals surface area contributed by atoms with Crippen molar-refractivity contribution in [1.29, 1.82) is 0 Å². The van der Waals surface area contributed by atoms with E-state index in [1.165, 1.54) is 30.1 Å². The first-order valence-corrected chi connectivity index (χ1v) is 12.8. The van der Waals surface area contributed by atoms with Crippen LogP contribution in [-0.4, -0.2) is 35.0 Å². The van der Waals surface area contributed by atoms with Crippen LogP contribution in [0.2, 0.25) is 5.02 Å². The van der Waals surface area contributed by atoms with Gasteiger partial charge in [-0.15, -0.1) is 0 Å². The standard InChI is InChI=1S/C29H23ClF2N2O2S/c1-33-22(13-18-7-10-20(30)11-8-18)17-34(21-5-3-2-4-6-21)27-16-26(32)23(15-28(27)37-33)19-9-12-25(31)24(14-19)29(35)36/h2-12,14-16,22H,13,17H2,1H3,(H,35,36)/t22-/m0/s1. The highest BCUT2D eigenvalue weighted by atomic mass is 35.5. The molecule has 1 aliphatic heterocycles. The molecule has 0 saturated heterocycles. The zero-order valence-electron chi connectivity index (χ0n) is 19.9. The number of nitrogens with zero attached hydrogens (tertiary/aromatic N) is 2. The Bertz CT molecular complexity index is 1450. The minimum absolute atomic E-state index is 0.0785. The summed E-state index contributed by atoms with van der Waals surface area (Å²) < 4.78 is 31.8. The van der Waals surface area contributed by atoms with E-state index in [1.807, 2.05) is 61.6 Å². The van der Waals surface area contributed by atoms with Crippen LogP contribution in [-0.2, 0) is 6.42 Å². The van der Waals surface area contributed by atoms with Crippen LogP contribution in [0.5, 0.6) is 0 Å². The summed E-state index contributed by atoms with van der Waals surface area (Å²) in [5.74, 6) is -2.77. The second kappa shape index (κ2) is 10.5. The third-order valence-corrected chi connectivity index (χ3v) is 7.81. The number of carboxylic acids is 1. The predicted octanol–water partition coefficient (Wildman–Crippen LogP) is 7.69. The largest absolute Gasteiger partial charge is 0.478 e. The van der Waals surface area contributed by atoms with Crippen molar-refractivity contribution < 1.29 is 18.7 Å². The summed E-state index contributed by atoms with van der Waals surface area (Å²) in [6, 6.07) is 24.5. The van der Waals surface area contributed by atoms with Crippen LogP contribution in [0.1, 0.15) is 15.9 Å². The molecule has 0 saturated carbocycles. The van der Waals surface area contributed by atoms with Gasteiger partial charge in [-0.2, -0.15) is 0 Å². The molecular formula is C29H23ClF2N2O2S. The van der Waals surface area contributed by atoms with Crippen LogP contribution in [0, 0.1) is 11.6 Å². The lowest BCUT2D eigenvalue weighted by Gasteiger charge is -2.30. The normalized spacial score (nSPS) is 15.8. The number of hydrogen-bond acceptors (Lipinski definition) is 4. The highest BCUT2D eigenvalue weighted by Gasteiger charge is 2.29. The quantitative estimate of drug-likeness (QED) is 0.265. The number of aromatic carboxylic acids is 1. The summed E-state index contributed by atoms with van der Waals surface area (Å²) in [6.07, 6.45) is 0.757. The Morgan fingerprint density at radius 1 is 1.00 bits per heavy atom. The maximum Gasteiger partial charge on any atom is 0.338 e. The number of likely N-dealkylation sites (N-methyl/N-ethyl adjacent to an activating group) is 1. The van der Waals surface area contributed by atoms with Gasteiger partial charge in [0.15, 0.2) is 0 Å². The number of carboxylic acid groups (broad SMARTS) is 1. The van der Waals surface area contributed by atoms with Crippen molar-refractivity contribution in [2.24, 2.45) is 0 Å². The van der Waals surface area contributed by atoms with Gasteiger partial charge >= 0.3 is 5.97 Å². The zero-order valence-corrected chi connectivity index (χ0v) is 21.4. The smallest absolute Gasteiger partial charge is 0.338 e. The van der Waals surface area contributed by atoms with E-state index in [0.29, 0.717) is 22.8 Å². The maximum atomic E-state index is 15.6. The van der Waals surface area contributed by atoms with E-state index < -0.39 is 23.2 Å². The first-order chi connectivity index (χ1) is 17.8. The third kappa shape index (κ3) is 5.34. The van der Waals surface area contributed by atoms with Crippen molar-refractivity contribution in [1.82, 2.24) is 4.31 Å². The summed E-state index contributed by atoms with van der Waals surface area (Å²) in [5.41, 5.74) is 2.80. The highest BCUT2D eigenvalue weighted by molar-refractivity contribution is 7.97. The number of para-hydroxylation sites is 1. The van der Waals surface area contributed by atoms with Crippen molar-refractivity contribution in [3.63, 3.8) is 0 Å². The molecule has 1 heterocycles. The maximum absolute atomic E-state index is 15.6. The molecule has 5 rings (SSSR count). The average Bonchev–Trinajstić information content (AvgIpc) is 3.01. The van der Waals surface area contributed by atoms with Crippen LogP contribution in [0.4, 0.5) is 20.2 Å². The molecule has 4 aromatic rings. The van der Waals surface area contributed by atoms with E-state index in [-0.39, 0.29) is 11.6 Å². The highest BCUT2D eigenvalue weighted by Crippen LogP contribution is 2.43. The van der Waals surface area contributed by atoms with Gasteiger partial charge in [-0.3, -0.25) is 0 Å². The van der Waals surface area contributed by atoms with Crippen molar-refractivity contribution in [3.8, 4) is 11.1 Å². The number of hydrogen-bond donors (Lipinski definition) is 1. The number of carbonyl (C=O) groups is 1. The lowest BCUT2D eigenvalue weighted by molar-refractivity contribution is 0.0692. The van der Waals surface area contributed by atoms with Crippen molar-refractivity contribution in [2.75, 3.05) is 18.5 Å². The topological polar surface area (TPSA) is 43.8 Å². The van der Waals surface area contributed by atoms with Crippen molar-refractivity contribution in [3.05, 3.63) is 113 Å². The van der Waals surface area contributed by atoms with Gasteiger partial charge in [0.05, 0.1) is 11.3 Å². The molecule has 4 aromatic carbocycles. The van der Waals surface area contributed by atoms with Gasteiger partial charge in [0.1, 0.15) is 11.6 Å². The summed E-state index contributed by atoms with van der Waals surface area (Å²) in [4.78, 5) is 14.4. The molecule has 0 aliphatic carbocycles. The fourth-order valence-electron chi connectivity index (χ4n) is 4.50. The molecule has 1 aliphatic rings. The number of fused-ring (bicyclic) bond motifs is 1. The molecule has 4 nitrogen and oxygen atoms in total. The number of anilines is 2. The molecule has 0 radical (unpaired) electrons. The van der Waals surface area contributed by atoms with Crippen molar-refractivity contribution >= 4 is 40.9 Å².